The Morgan fingerprint density at radius 3 is 2.39 bits per heavy atom. The Bertz CT molecular complexity index is 1210. The van der Waals surface area contributed by atoms with Crippen molar-refractivity contribution < 1.29 is 9.18 Å². The molecule has 4 aromatic rings. The van der Waals surface area contributed by atoms with Gasteiger partial charge in [0, 0.05) is 42.2 Å². The molecule has 0 fully saturated rings. The number of rotatable bonds is 6. The van der Waals surface area contributed by atoms with E-state index in [1.54, 1.807) is 21.5 Å². The first-order valence-corrected chi connectivity index (χ1v) is 10.1. The van der Waals surface area contributed by atoms with Crippen molar-refractivity contribution in [1.82, 2.24) is 24.9 Å². The lowest BCUT2D eigenvalue weighted by molar-refractivity contribution is -0.120. The van der Waals surface area contributed by atoms with Gasteiger partial charge in [0.2, 0.25) is 5.91 Å². The van der Waals surface area contributed by atoms with Crippen molar-refractivity contribution in [3.05, 3.63) is 89.1 Å². The highest BCUT2D eigenvalue weighted by molar-refractivity contribution is 5.79. The predicted molar refractivity (Wildman–Crippen MR) is 117 cm³/mol. The van der Waals surface area contributed by atoms with Crippen molar-refractivity contribution in [3.63, 3.8) is 0 Å². The van der Waals surface area contributed by atoms with Gasteiger partial charge in [-0.3, -0.25) is 9.48 Å². The van der Waals surface area contributed by atoms with E-state index in [1.165, 1.54) is 12.1 Å². The van der Waals surface area contributed by atoms with Gasteiger partial charge in [-0.15, -0.1) is 0 Å². The zero-order chi connectivity index (χ0) is 22.0. The number of carbonyl (C=O) groups excluding carboxylic acids is 1. The minimum Gasteiger partial charge on any atom is -0.352 e. The van der Waals surface area contributed by atoms with Crippen LogP contribution < -0.4 is 5.32 Å². The quantitative estimate of drug-likeness (QED) is 0.518. The van der Waals surface area contributed by atoms with Crippen LogP contribution in [0.4, 0.5) is 4.39 Å². The number of nitrogens with zero attached hydrogens (tertiary/aromatic N) is 4. The van der Waals surface area contributed by atoms with Crippen LogP contribution in [0.25, 0.3) is 16.9 Å². The van der Waals surface area contributed by atoms with Gasteiger partial charge in [0.25, 0.3) is 0 Å². The molecule has 7 heteroatoms. The van der Waals surface area contributed by atoms with Crippen molar-refractivity contribution in [1.29, 1.82) is 0 Å². The third kappa shape index (κ3) is 4.40. The van der Waals surface area contributed by atoms with Gasteiger partial charge in [0.05, 0.1) is 23.5 Å². The number of benzene rings is 2. The van der Waals surface area contributed by atoms with Crippen LogP contribution in [-0.4, -0.2) is 25.5 Å². The zero-order valence-corrected chi connectivity index (χ0v) is 17.8. The maximum Gasteiger partial charge on any atom is 0.224 e. The first kappa shape index (κ1) is 20.5. The second-order valence-electron chi connectivity index (χ2n) is 7.52. The number of halogens is 1. The number of para-hydroxylation sites is 1. The molecule has 1 amide bonds. The number of hydrogen-bond donors (Lipinski definition) is 1. The van der Waals surface area contributed by atoms with Gasteiger partial charge in [0.1, 0.15) is 5.82 Å². The van der Waals surface area contributed by atoms with Gasteiger partial charge >= 0.3 is 0 Å². The van der Waals surface area contributed by atoms with Gasteiger partial charge in [-0.2, -0.15) is 10.2 Å². The van der Waals surface area contributed by atoms with Crippen molar-refractivity contribution in [2.75, 3.05) is 0 Å². The molecule has 0 aliphatic heterocycles. The second kappa shape index (κ2) is 8.55. The maximum atomic E-state index is 13.4. The van der Waals surface area contributed by atoms with Crippen LogP contribution >= 0.6 is 0 Å². The number of aryl methyl sites for hydroxylation is 2. The predicted octanol–water partition coefficient (Wildman–Crippen LogP) is 3.89. The molecule has 2 aromatic carbocycles. The molecule has 0 radical (unpaired) electrons. The van der Waals surface area contributed by atoms with Crippen LogP contribution in [0.3, 0.4) is 0 Å². The molecule has 31 heavy (non-hydrogen) atoms. The van der Waals surface area contributed by atoms with E-state index in [4.69, 9.17) is 5.10 Å². The number of hydrogen-bond acceptors (Lipinski definition) is 3. The smallest absolute Gasteiger partial charge is 0.224 e. The first-order valence-electron chi connectivity index (χ1n) is 10.1. The largest absolute Gasteiger partial charge is 0.352 e. The van der Waals surface area contributed by atoms with Crippen molar-refractivity contribution in [3.8, 4) is 16.9 Å². The van der Waals surface area contributed by atoms with Crippen LogP contribution in [0.1, 0.15) is 22.5 Å². The van der Waals surface area contributed by atoms with Gasteiger partial charge in [-0.05, 0) is 50.2 Å². The van der Waals surface area contributed by atoms with E-state index in [2.05, 4.69) is 10.4 Å². The van der Waals surface area contributed by atoms with Gasteiger partial charge in [0.15, 0.2) is 0 Å². The highest BCUT2D eigenvalue weighted by atomic mass is 19.1. The zero-order valence-electron chi connectivity index (χ0n) is 17.8. The monoisotopic (exact) mass is 417 g/mol. The van der Waals surface area contributed by atoms with Gasteiger partial charge in [-0.25, -0.2) is 9.07 Å². The summed E-state index contributed by atoms with van der Waals surface area (Å²) >= 11 is 0. The molecule has 0 aliphatic carbocycles. The first-order chi connectivity index (χ1) is 14.9. The average molecular weight is 417 g/mol. The topological polar surface area (TPSA) is 64.7 Å². The fraction of sp³-hybridized carbons (Fsp3) is 0.208. The van der Waals surface area contributed by atoms with Gasteiger partial charge in [-0.1, -0.05) is 18.2 Å². The minimum absolute atomic E-state index is 0.0864. The lowest BCUT2D eigenvalue weighted by Crippen LogP contribution is -2.25. The molecule has 0 spiro atoms. The standard InChI is InChI=1S/C24H24FN5O/c1-16-22(17(2)29(3)27-16)13-23(31)26-14-19-15-30(21-7-5-4-6-8-21)28-24(19)18-9-11-20(25)12-10-18/h4-12,15H,13-14H2,1-3H3,(H,26,31). The van der Waals surface area contributed by atoms with Crippen molar-refractivity contribution >= 4 is 5.91 Å². The normalized spacial score (nSPS) is 11.0. The summed E-state index contributed by atoms with van der Waals surface area (Å²) in [6, 6.07) is 15.9. The number of nitrogens with one attached hydrogen (secondary N) is 1. The molecule has 0 atom stereocenters. The van der Waals surface area contributed by atoms with E-state index < -0.39 is 0 Å². The molecule has 0 saturated heterocycles. The van der Waals surface area contributed by atoms with E-state index in [0.29, 0.717) is 12.2 Å². The summed E-state index contributed by atoms with van der Waals surface area (Å²) in [6.45, 7) is 4.18. The Hall–Kier alpha value is -3.74. The fourth-order valence-electron chi connectivity index (χ4n) is 3.59. The van der Waals surface area contributed by atoms with Crippen molar-refractivity contribution in [2.24, 2.45) is 7.05 Å². The molecule has 6 nitrogen and oxygen atoms in total. The number of aromatic nitrogens is 4. The van der Waals surface area contributed by atoms with E-state index in [1.807, 2.05) is 57.4 Å². The SMILES string of the molecule is Cc1nn(C)c(C)c1CC(=O)NCc1cn(-c2ccccc2)nc1-c1ccc(F)cc1. The summed E-state index contributed by atoms with van der Waals surface area (Å²) in [5.41, 5.74) is 6.04. The molecule has 0 unspecified atom stereocenters. The Balaban J connectivity index is 1.58. The lowest BCUT2D eigenvalue weighted by atomic mass is 10.1. The van der Waals surface area contributed by atoms with Crippen LogP contribution in [0.2, 0.25) is 0 Å². The molecule has 0 aliphatic rings. The van der Waals surface area contributed by atoms with Crippen LogP contribution in [0, 0.1) is 19.7 Å². The molecular formula is C24H24FN5O. The molecule has 158 valence electrons. The molecular weight excluding hydrogens is 393 g/mol. The number of amides is 1. The molecule has 0 saturated carbocycles. The van der Waals surface area contributed by atoms with Crippen molar-refractivity contribution in [2.45, 2.75) is 26.8 Å². The van der Waals surface area contributed by atoms with Crippen LogP contribution in [-0.2, 0) is 24.8 Å². The van der Waals surface area contributed by atoms with E-state index in [0.717, 1.165) is 33.8 Å². The molecule has 1 N–H and O–H groups in total. The summed E-state index contributed by atoms with van der Waals surface area (Å²) in [5, 5.41) is 12.1. The second-order valence-corrected chi connectivity index (χ2v) is 7.52. The van der Waals surface area contributed by atoms with Crippen LogP contribution in [0.15, 0.2) is 60.8 Å². The summed E-state index contributed by atoms with van der Waals surface area (Å²) in [7, 11) is 1.87. The Morgan fingerprint density at radius 2 is 1.74 bits per heavy atom. The fourth-order valence-corrected chi connectivity index (χ4v) is 3.59. The van der Waals surface area contributed by atoms with Crippen LogP contribution in [0.5, 0.6) is 0 Å². The average Bonchev–Trinajstić information content (AvgIpc) is 3.30. The molecule has 0 bridgehead atoms. The van der Waals surface area contributed by atoms with E-state index in [-0.39, 0.29) is 18.1 Å². The summed E-state index contributed by atoms with van der Waals surface area (Å²) in [4.78, 5) is 12.6. The summed E-state index contributed by atoms with van der Waals surface area (Å²) in [6.07, 6.45) is 2.17. The highest BCUT2D eigenvalue weighted by Crippen LogP contribution is 2.24. The molecule has 2 aromatic heterocycles. The minimum atomic E-state index is -0.302. The van der Waals surface area contributed by atoms with E-state index >= 15 is 0 Å². The van der Waals surface area contributed by atoms with E-state index in [9.17, 15) is 9.18 Å². The summed E-state index contributed by atoms with van der Waals surface area (Å²) < 4.78 is 17.0. The molecule has 2 heterocycles. The third-order valence-electron chi connectivity index (χ3n) is 5.40. The Labute approximate surface area is 180 Å². The third-order valence-corrected chi connectivity index (χ3v) is 5.40. The highest BCUT2D eigenvalue weighted by Gasteiger charge is 2.16. The maximum absolute atomic E-state index is 13.4. The lowest BCUT2D eigenvalue weighted by Gasteiger charge is -2.06. The summed E-state index contributed by atoms with van der Waals surface area (Å²) in [5.74, 6) is -0.389. The number of carbonyl (C=O) groups is 1. The Morgan fingerprint density at radius 1 is 1.03 bits per heavy atom. The van der Waals surface area contributed by atoms with Gasteiger partial charge < -0.3 is 5.32 Å². The Kier molecular flexibility index (Phi) is 5.66. The molecule has 4 rings (SSSR count).